The topological polar surface area (TPSA) is 67.6 Å². The van der Waals surface area contributed by atoms with Gasteiger partial charge in [-0.1, -0.05) is 6.07 Å². The fourth-order valence-corrected chi connectivity index (χ4v) is 2.44. The average molecular weight is 291 g/mol. The Hall–Kier alpha value is -1.75. The van der Waals surface area contributed by atoms with E-state index in [0.29, 0.717) is 19.7 Å². The minimum atomic E-state index is -0.0474. The van der Waals surface area contributed by atoms with Gasteiger partial charge in [-0.05, 0) is 49.9 Å². The highest BCUT2D eigenvalue weighted by molar-refractivity contribution is 5.74. The van der Waals surface area contributed by atoms with Crippen molar-refractivity contribution in [2.24, 2.45) is 5.73 Å². The van der Waals surface area contributed by atoms with Crippen molar-refractivity contribution in [3.8, 4) is 5.75 Å². The van der Waals surface area contributed by atoms with Gasteiger partial charge in [-0.2, -0.15) is 0 Å². The maximum absolute atomic E-state index is 12.0. The van der Waals surface area contributed by atoms with Gasteiger partial charge in [-0.25, -0.2) is 4.79 Å². The first kappa shape index (κ1) is 15.6. The van der Waals surface area contributed by atoms with E-state index < -0.39 is 0 Å². The third kappa shape index (κ3) is 4.63. The van der Waals surface area contributed by atoms with E-state index in [1.807, 2.05) is 18.2 Å². The molecule has 5 nitrogen and oxygen atoms in total. The summed E-state index contributed by atoms with van der Waals surface area (Å²) >= 11 is 0. The number of nitrogens with two attached hydrogens (primary N) is 1. The van der Waals surface area contributed by atoms with Crippen LogP contribution in [0.1, 0.15) is 24.0 Å². The van der Waals surface area contributed by atoms with Crippen molar-refractivity contribution in [3.05, 3.63) is 29.3 Å². The number of ether oxygens (including phenoxy) is 1. The van der Waals surface area contributed by atoms with Crippen molar-refractivity contribution in [2.45, 2.75) is 32.7 Å². The summed E-state index contributed by atoms with van der Waals surface area (Å²) in [6, 6.07) is 6.07. The van der Waals surface area contributed by atoms with Gasteiger partial charge in [-0.15, -0.1) is 0 Å². The van der Waals surface area contributed by atoms with Crippen LogP contribution in [0, 0.1) is 13.8 Å². The standard InChI is InChI=1S/C16H25N3O2/c1-12-5-6-15(10-13(12)2)21-9-7-18-16(20)19-8-3-4-14(17)11-19/h5-6,10,14H,3-4,7-9,11,17H2,1-2H3,(H,18,20)/t14-/m0/s1. The van der Waals surface area contributed by atoms with Gasteiger partial charge in [0.05, 0.1) is 6.54 Å². The first-order chi connectivity index (χ1) is 10.1. The number of piperidine rings is 1. The van der Waals surface area contributed by atoms with Crippen molar-refractivity contribution in [3.63, 3.8) is 0 Å². The Morgan fingerprint density at radius 3 is 2.95 bits per heavy atom. The minimum Gasteiger partial charge on any atom is -0.492 e. The number of hydrogen-bond donors (Lipinski definition) is 2. The second-order valence-corrected chi connectivity index (χ2v) is 5.67. The second kappa shape index (κ2) is 7.31. The molecule has 1 heterocycles. The Morgan fingerprint density at radius 1 is 1.43 bits per heavy atom. The molecule has 1 atom stereocenters. The van der Waals surface area contributed by atoms with Gasteiger partial charge in [0.1, 0.15) is 12.4 Å². The summed E-state index contributed by atoms with van der Waals surface area (Å²) in [4.78, 5) is 13.7. The van der Waals surface area contributed by atoms with E-state index in [0.717, 1.165) is 25.1 Å². The Balaban J connectivity index is 1.69. The van der Waals surface area contributed by atoms with Gasteiger partial charge in [0.2, 0.25) is 0 Å². The van der Waals surface area contributed by atoms with Gasteiger partial charge in [-0.3, -0.25) is 0 Å². The summed E-state index contributed by atoms with van der Waals surface area (Å²) < 4.78 is 5.64. The van der Waals surface area contributed by atoms with E-state index in [1.54, 1.807) is 4.90 Å². The number of nitrogens with zero attached hydrogens (tertiary/aromatic N) is 1. The molecule has 0 bridgehead atoms. The molecule has 0 aromatic heterocycles. The third-order valence-corrected chi connectivity index (χ3v) is 3.87. The van der Waals surface area contributed by atoms with Crippen LogP contribution in [0.5, 0.6) is 5.75 Å². The lowest BCUT2D eigenvalue weighted by atomic mass is 10.1. The summed E-state index contributed by atoms with van der Waals surface area (Å²) in [7, 11) is 0. The molecule has 2 rings (SSSR count). The van der Waals surface area contributed by atoms with Crippen LogP contribution in [0.4, 0.5) is 4.79 Å². The highest BCUT2D eigenvalue weighted by Crippen LogP contribution is 2.16. The normalized spacial score (nSPS) is 18.4. The zero-order valence-corrected chi connectivity index (χ0v) is 12.9. The van der Waals surface area contributed by atoms with E-state index in [4.69, 9.17) is 10.5 Å². The minimum absolute atomic E-state index is 0.0474. The van der Waals surface area contributed by atoms with Crippen molar-refractivity contribution in [1.82, 2.24) is 10.2 Å². The van der Waals surface area contributed by atoms with Gasteiger partial charge < -0.3 is 20.7 Å². The Kier molecular flexibility index (Phi) is 5.44. The van der Waals surface area contributed by atoms with E-state index in [9.17, 15) is 4.79 Å². The lowest BCUT2D eigenvalue weighted by molar-refractivity contribution is 0.177. The van der Waals surface area contributed by atoms with Crippen LogP contribution < -0.4 is 15.8 Å². The molecule has 0 aliphatic carbocycles. The predicted molar refractivity (Wildman–Crippen MR) is 83.6 cm³/mol. The molecule has 3 N–H and O–H groups in total. The quantitative estimate of drug-likeness (QED) is 0.831. The molecule has 0 radical (unpaired) electrons. The zero-order valence-electron chi connectivity index (χ0n) is 12.9. The molecule has 0 spiro atoms. The molecule has 1 saturated heterocycles. The molecule has 21 heavy (non-hydrogen) atoms. The second-order valence-electron chi connectivity index (χ2n) is 5.67. The molecular weight excluding hydrogens is 266 g/mol. The monoisotopic (exact) mass is 291 g/mol. The van der Waals surface area contributed by atoms with Crippen molar-refractivity contribution in [1.29, 1.82) is 0 Å². The molecule has 0 unspecified atom stereocenters. The van der Waals surface area contributed by atoms with Crippen LogP contribution in [0.15, 0.2) is 18.2 Å². The fourth-order valence-electron chi connectivity index (χ4n) is 2.44. The average Bonchev–Trinajstić information content (AvgIpc) is 2.47. The lowest BCUT2D eigenvalue weighted by Crippen LogP contribution is -2.50. The smallest absolute Gasteiger partial charge is 0.317 e. The molecule has 0 saturated carbocycles. The molecule has 1 aromatic rings. The number of aryl methyl sites for hydroxylation is 2. The van der Waals surface area contributed by atoms with Gasteiger partial charge in [0.15, 0.2) is 0 Å². The zero-order chi connectivity index (χ0) is 15.2. The van der Waals surface area contributed by atoms with E-state index >= 15 is 0 Å². The van der Waals surface area contributed by atoms with Crippen LogP contribution in [0.2, 0.25) is 0 Å². The maximum atomic E-state index is 12.0. The molecule has 1 aliphatic heterocycles. The number of rotatable bonds is 4. The number of urea groups is 1. The van der Waals surface area contributed by atoms with E-state index in [-0.39, 0.29) is 12.1 Å². The Labute approximate surface area is 126 Å². The van der Waals surface area contributed by atoms with E-state index in [1.165, 1.54) is 11.1 Å². The number of carbonyl (C=O) groups excluding carboxylic acids is 1. The molecule has 1 fully saturated rings. The summed E-state index contributed by atoms with van der Waals surface area (Å²) in [5.74, 6) is 0.840. The Morgan fingerprint density at radius 2 is 2.24 bits per heavy atom. The molecule has 2 amide bonds. The van der Waals surface area contributed by atoms with Gasteiger partial charge in [0.25, 0.3) is 0 Å². The maximum Gasteiger partial charge on any atom is 0.317 e. The molecule has 116 valence electrons. The third-order valence-electron chi connectivity index (χ3n) is 3.87. The van der Waals surface area contributed by atoms with Gasteiger partial charge >= 0.3 is 6.03 Å². The number of nitrogens with one attached hydrogen (secondary N) is 1. The number of benzene rings is 1. The van der Waals surface area contributed by atoms with E-state index in [2.05, 4.69) is 19.2 Å². The largest absolute Gasteiger partial charge is 0.492 e. The summed E-state index contributed by atoms with van der Waals surface area (Å²) in [6.07, 6.45) is 1.98. The van der Waals surface area contributed by atoms with Crippen LogP contribution in [-0.2, 0) is 0 Å². The Bertz CT molecular complexity index is 490. The van der Waals surface area contributed by atoms with Crippen molar-refractivity contribution >= 4 is 6.03 Å². The number of hydrogen-bond acceptors (Lipinski definition) is 3. The molecule has 1 aromatic carbocycles. The van der Waals surface area contributed by atoms with Crippen LogP contribution in [0.25, 0.3) is 0 Å². The van der Waals surface area contributed by atoms with Crippen molar-refractivity contribution in [2.75, 3.05) is 26.2 Å². The van der Waals surface area contributed by atoms with Gasteiger partial charge in [0, 0.05) is 19.1 Å². The predicted octanol–water partition coefficient (Wildman–Crippen LogP) is 1.81. The van der Waals surface area contributed by atoms with Crippen LogP contribution in [0.3, 0.4) is 0 Å². The summed E-state index contributed by atoms with van der Waals surface area (Å²) in [6.45, 7) is 6.53. The highest BCUT2D eigenvalue weighted by Gasteiger charge is 2.20. The number of amides is 2. The van der Waals surface area contributed by atoms with Crippen molar-refractivity contribution < 1.29 is 9.53 Å². The molecule has 5 heteroatoms. The first-order valence-corrected chi connectivity index (χ1v) is 7.54. The number of carbonyl (C=O) groups is 1. The SMILES string of the molecule is Cc1ccc(OCCNC(=O)N2CCC[C@H](N)C2)cc1C. The highest BCUT2D eigenvalue weighted by atomic mass is 16.5. The summed E-state index contributed by atoms with van der Waals surface area (Å²) in [5, 5.41) is 2.88. The summed E-state index contributed by atoms with van der Waals surface area (Å²) in [5.41, 5.74) is 8.33. The lowest BCUT2D eigenvalue weighted by Gasteiger charge is -2.30. The first-order valence-electron chi connectivity index (χ1n) is 7.54. The number of likely N-dealkylation sites (tertiary alicyclic amines) is 1. The molecular formula is C16H25N3O2. The fraction of sp³-hybridized carbons (Fsp3) is 0.562. The molecule has 1 aliphatic rings. The van der Waals surface area contributed by atoms with Crippen LogP contribution >= 0.6 is 0 Å². The van der Waals surface area contributed by atoms with Crippen LogP contribution in [-0.4, -0.2) is 43.2 Å².